The number of hydrogen-bond donors (Lipinski definition) is 1. The van der Waals surface area contributed by atoms with E-state index in [1.165, 1.54) is 70.5 Å². The van der Waals surface area contributed by atoms with Crippen molar-refractivity contribution in [1.82, 2.24) is 19.5 Å². The Morgan fingerprint density at radius 2 is 1.63 bits per heavy atom. The number of imidazole rings is 1. The van der Waals surface area contributed by atoms with Gasteiger partial charge in [-0.2, -0.15) is 11.8 Å². The maximum atomic E-state index is 12.2. The molecule has 12 heteroatoms. The van der Waals surface area contributed by atoms with Crippen molar-refractivity contribution in [3.05, 3.63) is 12.7 Å². The highest BCUT2D eigenvalue weighted by Crippen LogP contribution is 2.37. The topological polar surface area (TPSA) is 128 Å². The molecule has 2 aromatic rings. The van der Waals surface area contributed by atoms with Crippen molar-refractivity contribution in [2.75, 3.05) is 30.2 Å². The molecule has 0 aromatic carbocycles. The van der Waals surface area contributed by atoms with Crippen LogP contribution in [-0.2, 0) is 20.4 Å². The second-order valence-corrected chi connectivity index (χ2v) is 19.4. The zero-order valence-electron chi connectivity index (χ0n) is 25.6. The minimum atomic E-state index is -4.05. The summed E-state index contributed by atoms with van der Waals surface area (Å²) in [7, 11) is -5.24. The Hall–Kier alpha value is -1.41. The monoisotopic (exact) mass is 624 g/mol. The van der Waals surface area contributed by atoms with Crippen molar-refractivity contribution >= 4 is 44.4 Å². The number of anilines is 1. The maximum Gasteiger partial charge on any atom is 0.165 e. The van der Waals surface area contributed by atoms with Gasteiger partial charge in [0.05, 0.1) is 25.6 Å². The van der Waals surface area contributed by atoms with Gasteiger partial charge in [0.1, 0.15) is 26.3 Å². The predicted octanol–water partition coefficient (Wildman–Crippen LogP) is 6.64. The Bertz CT molecular complexity index is 1120. The van der Waals surface area contributed by atoms with E-state index in [2.05, 4.69) is 46.1 Å². The van der Waals surface area contributed by atoms with Crippen LogP contribution >= 0.6 is 19.4 Å². The molecule has 0 aliphatic heterocycles. The van der Waals surface area contributed by atoms with Crippen molar-refractivity contribution in [2.24, 2.45) is 0 Å². The van der Waals surface area contributed by atoms with E-state index in [1.54, 1.807) is 17.8 Å². The van der Waals surface area contributed by atoms with Crippen LogP contribution in [0.5, 0.6) is 0 Å². The van der Waals surface area contributed by atoms with Gasteiger partial charge < -0.3 is 29.0 Å². The fraction of sp³-hybridized carbons (Fsp3) is 0.759. The highest BCUT2D eigenvalue weighted by atomic mass is 32.2. The summed E-state index contributed by atoms with van der Waals surface area (Å²) in [5.41, 5.74) is 10.4. The number of hydrogen-bond acceptors (Lipinski definition) is 9. The first-order chi connectivity index (χ1) is 19.6. The van der Waals surface area contributed by atoms with Crippen molar-refractivity contribution < 1.29 is 18.7 Å². The normalized spacial score (nSPS) is 14.1. The molecule has 9 nitrogen and oxygen atoms in total. The van der Waals surface area contributed by atoms with Gasteiger partial charge in [-0.1, -0.05) is 71.0 Å². The van der Waals surface area contributed by atoms with Crippen molar-refractivity contribution in [1.29, 1.82) is 0 Å². The first kappa shape index (κ1) is 35.8. The molecular weight excluding hydrogens is 573 g/mol. The number of ether oxygens (including phenoxy) is 1. The van der Waals surface area contributed by atoms with E-state index in [-0.39, 0.29) is 12.7 Å². The number of nitrogens with two attached hydrogens (primary N) is 1. The summed E-state index contributed by atoms with van der Waals surface area (Å²) in [5, 5.41) is 0. The highest BCUT2D eigenvalue weighted by molar-refractivity contribution is 7.99. The SMILES string of the molecule is C[C@H](Cn1cnc2c(N)ncnc21)OCP(=O)([O-])OCCCSCCCCCCCCCCCCC#C[Si](C)(C)C. The number of aromatic nitrogens is 4. The van der Waals surface area contributed by atoms with Gasteiger partial charge in [0.25, 0.3) is 0 Å². The van der Waals surface area contributed by atoms with Gasteiger partial charge in [0, 0.05) is 6.42 Å². The van der Waals surface area contributed by atoms with E-state index >= 15 is 0 Å². The van der Waals surface area contributed by atoms with Crippen LogP contribution in [0.4, 0.5) is 5.82 Å². The summed E-state index contributed by atoms with van der Waals surface area (Å²) in [6.07, 6.45) is 17.0. The van der Waals surface area contributed by atoms with E-state index < -0.39 is 22.0 Å². The Labute approximate surface area is 252 Å². The van der Waals surface area contributed by atoms with Crippen LogP contribution in [0.25, 0.3) is 11.2 Å². The van der Waals surface area contributed by atoms with Gasteiger partial charge in [0.2, 0.25) is 0 Å². The van der Waals surface area contributed by atoms with E-state index in [9.17, 15) is 9.46 Å². The Morgan fingerprint density at radius 3 is 2.32 bits per heavy atom. The summed E-state index contributed by atoms with van der Waals surface area (Å²) >= 11 is 1.87. The number of nitrogens with zero attached hydrogens (tertiary/aromatic N) is 4. The molecule has 41 heavy (non-hydrogen) atoms. The van der Waals surface area contributed by atoms with Crippen molar-refractivity contribution in [2.45, 2.75) is 116 Å². The summed E-state index contributed by atoms with van der Waals surface area (Å²) in [5.74, 6) is 5.70. The minimum Gasteiger partial charge on any atom is -0.777 e. The van der Waals surface area contributed by atoms with Crippen LogP contribution in [0.2, 0.25) is 19.6 Å². The number of thioether (sulfide) groups is 1. The third kappa shape index (κ3) is 16.7. The molecule has 0 bridgehead atoms. The molecule has 2 rings (SSSR count). The molecule has 0 aliphatic rings. The lowest BCUT2D eigenvalue weighted by atomic mass is 10.1. The zero-order valence-corrected chi connectivity index (χ0v) is 28.3. The molecule has 0 saturated heterocycles. The van der Waals surface area contributed by atoms with Crippen LogP contribution in [0.15, 0.2) is 12.7 Å². The lowest BCUT2D eigenvalue weighted by Gasteiger charge is -2.25. The van der Waals surface area contributed by atoms with Gasteiger partial charge in [-0.15, -0.1) is 11.5 Å². The zero-order chi connectivity index (χ0) is 30.0. The average molecular weight is 625 g/mol. The van der Waals surface area contributed by atoms with Crippen LogP contribution in [0, 0.1) is 11.5 Å². The molecule has 2 N–H and O–H groups in total. The number of rotatable bonds is 22. The molecule has 0 saturated carbocycles. The Morgan fingerprint density at radius 1 is 1.00 bits per heavy atom. The molecule has 2 heterocycles. The Balaban J connectivity index is 1.37. The summed E-state index contributed by atoms with van der Waals surface area (Å²) in [4.78, 5) is 24.5. The van der Waals surface area contributed by atoms with E-state index in [0.717, 1.165) is 17.9 Å². The predicted molar refractivity (Wildman–Crippen MR) is 173 cm³/mol. The molecule has 0 radical (unpaired) electrons. The molecule has 0 amide bonds. The fourth-order valence-corrected chi connectivity index (χ4v) is 6.75. The highest BCUT2D eigenvalue weighted by Gasteiger charge is 2.15. The average Bonchev–Trinajstić information content (AvgIpc) is 3.32. The minimum absolute atomic E-state index is 0.194. The molecule has 1 unspecified atom stereocenters. The molecule has 2 atom stereocenters. The van der Waals surface area contributed by atoms with Crippen LogP contribution in [0.1, 0.15) is 84.0 Å². The quantitative estimate of drug-likeness (QED) is 0.0664. The summed E-state index contributed by atoms with van der Waals surface area (Å²) < 4.78 is 24.6. The number of nitrogen functional groups attached to an aromatic ring is 1. The molecular formula is C29H51N5O4PSSi-. The second-order valence-electron chi connectivity index (χ2n) is 11.7. The number of fused-ring (bicyclic) bond motifs is 1. The lowest BCUT2D eigenvalue weighted by Crippen LogP contribution is -2.20. The van der Waals surface area contributed by atoms with E-state index in [4.69, 9.17) is 15.0 Å². The smallest absolute Gasteiger partial charge is 0.165 e. The van der Waals surface area contributed by atoms with Crippen LogP contribution in [0.3, 0.4) is 0 Å². The molecule has 0 aliphatic carbocycles. The molecule has 0 spiro atoms. The van der Waals surface area contributed by atoms with Crippen molar-refractivity contribution in [3.8, 4) is 11.5 Å². The van der Waals surface area contributed by atoms with Gasteiger partial charge >= 0.3 is 0 Å². The van der Waals surface area contributed by atoms with Crippen LogP contribution < -0.4 is 10.6 Å². The third-order valence-electron chi connectivity index (χ3n) is 6.43. The van der Waals surface area contributed by atoms with Gasteiger partial charge in [0.15, 0.2) is 19.1 Å². The molecule has 232 valence electrons. The largest absolute Gasteiger partial charge is 0.777 e. The first-order valence-corrected chi connectivity index (χ1v) is 21.5. The second kappa shape index (κ2) is 19.7. The number of unbranched alkanes of at least 4 members (excludes halogenated alkanes) is 10. The van der Waals surface area contributed by atoms with Crippen molar-refractivity contribution in [3.63, 3.8) is 0 Å². The third-order valence-corrected chi connectivity index (χ3v) is 9.55. The fourth-order valence-electron chi connectivity index (χ4n) is 4.24. The van der Waals surface area contributed by atoms with Gasteiger partial charge in [-0.3, -0.25) is 0 Å². The van der Waals surface area contributed by atoms with Gasteiger partial charge in [-0.05, 0) is 37.7 Å². The lowest BCUT2D eigenvalue weighted by molar-refractivity contribution is -0.205. The molecule has 0 fully saturated rings. The Kier molecular flexibility index (Phi) is 17.2. The maximum absolute atomic E-state index is 12.2. The van der Waals surface area contributed by atoms with Crippen LogP contribution in [-0.4, -0.2) is 58.2 Å². The summed E-state index contributed by atoms with van der Waals surface area (Å²) in [6, 6.07) is 0. The van der Waals surface area contributed by atoms with Gasteiger partial charge in [-0.25, -0.2) is 15.0 Å². The first-order valence-electron chi connectivity index (χ1n) is 15.1. The summed E-state index contributed by atoms with van der Waals surface area (Å²) in [6.45, 7) is 9.28. The van der Waals surface area contributed by atoms with E-state index in [0.29, 0.717) is 29.9 Å². The molecule has 2 aromatic heterocycles. The standard InChI is InChI=1S/C29H52N5O4PSSi/c1-26(22-34-24-33-27-28(30)31-23-32-29(27)34)37-25-39(35,36)38-18-17-20-40-19-15-13-11-9-7-5-6-8-10-12-14-16-21-41(2,3)4/h23-24,26H,5-15,17-20,22,25H2,1-4H3,(H,35,36)(H2,30,31,32)/p-1/t26-/m1/s1. The van der Waals surface area contributed by atoms with E-state index in [1.807, 2.05) is 11.8 Å².